The van der Waals surface area contributed by atoms with Crippen molar-refractivity contribution in [2.75, 3.05) is 6.54 Å². The minimum absolute atomic E-state index is 0.0524. The summed E-state index contributed by atoms with van der Waals surface area (Å²) < 4.78 is 5.07. The van der Waals surface area contributed by atoms with Crippen LogP contribution in [0.4, 0.5) is 0 Å². The standard InChI is InChI=1S/C13H17N3O2S/c1-9-11(10(2)18-16-9)3-4-12(17)14-6-5-13-15-7-8-19-13/h7-8H,3-6H2,1-2H3,(H,14,17). The van der Waals surface area contributed by atoms with E-state index in [-0.39, 0.29) is 5.91 Å². The first-order valence-corrected chi connectivity index (χ1v) is 7.11. The van der Waals surface area contributed by atoms with Gasteiger partial charge in [0.1, 0.15) is 5.76 Å². The number of nitrogens with zero attached hydrogens (tertiary/aromatic N) is 2. The SMILES string of the molecule is Cc1noc(C)c1CCC(=O)NCCc1nccs1. The third-order valence-corrected chi connectivity index (χ3v) is 3.77. The summed E-state index contributed by atoms with van der Waals surface area (Å²) in [5.41, 5.74) is 1.91. The fourth-order valence-corrected chi connectivity index (χ4v) is 2.49. The monoisotopic (exact) mass is 279 g/mol. The summed E-state index contributed by atoms with van der Waals surface area (Å²) in [6.07, 6.45) is 3.69. The van der Waals surface area contributed by atoms with Crippen LogP contribution in [0.3, 0.4) is 0 Å². The molecule has 0 radical (unpaired) electrons. The average molecular weight is 279 g/mol. The van der Waals surface area contributed by atoms with Crippen molar-refractivity contribution in [1.82, 2.24) is 15.5 Å². The highest BCUT2D eigenvalue weighted by atomic mass is 32.1. The van der Waals surface area contributed by atoms with Gasteiger partial charge in [0, 0.05) is 36.5 Å². The van der Waals surface area contributed by atoms with Gasteiger partial charge in [0.05, 0.1) is 10.7 Å². The average Bonchev–Trinajstić information content (AvgIpc) is 2.99. The van der Waals surface area contributed by atoms with Crippen LogP contribution in [0.1, 0.15) is 28.4 Å². The van der Waals surface area contributed by atoms with E-state index >= 15 is 0 Å². The highest BCUT2D eigenvalue weighted by molar-refractivity contribution is 7.09. The summed E-state index contributed by atoms with van der Waals surface area (Å²) in [7, 11) is 0. The Bertz CT molecular complexity index is 515. The Morgan fingerprint density at radius 2 is 2.26 bits per heavy atom. The molecule has 0 unspecified atom stereocenters. The van der Waals surface area contributed by atoms with Crippen LogP contribution in [-0.2, 0) is 17.6 Å². The van der Waals surface area contributed by atoms with Crippen LogP contribution in [0.2, 0.25) is 0 Å². The zero-order valence-electron chi connectivity index (χ0n) is 11.1. The second-order valence-corrected chi connectivity index (χ2v) is 5.31. The second kappa shape index (κ2) is 6.47. The predicted octanol–water partition coefficient (Wildman–Crippen LogP) is 2.04. The Balaban J connectivity index is 1.70. The lowest BCUT2D eigenvalue weighted by atomic mass is 10.1. The molecule has 5 nitrogen and oxygen atoms in total. The highest BCUT2D eigenvalue weighted by Crippen LogP contribution is 2.14. The van der Waals surface area contributed by atoms with E-state index in [1.807, 2.05) is 19.2 Å². The summed E-state index contributed by atoms with van der Waals surface area (Å²) in [5.74, 6) is 0.852. The Labute approximate surface area is 116 Å². The molecule has 0 spiro atoms. The molecular formula is C13H17N3O2S. The topological polar surface area (TPSA) is 68.0 Å². The first-order chi connectivity index (χ1) is 9.16. The number of nitrogens with one attached hydrogen (secondary N) is 1. The molecule has 0 aromatic carbocycles. The fraction of sp³-hybridized carbons (Fsp3) is 0.462. The van der Waals surface area contributed by atoms with Gasteiger partial charge in [-0.15, -0.1) is 11.3 Å². The summed E-state index contributed by atoms with van der Waals surface area (Å²) in [4.78, 5) is 15.9. The van der Waals surface area contributed by atoms with Gasteiger partial charge < -0.3 is 9.84 Å². The normalized spacial score (nSPS) is 10.6. The van der Waals surface area contributed by atoms with E-state index in [4.69, 9.17) is 4.52 Å². The van der Waals surface area contributed by atoms with Crippen LogP contribution in [0, 0.1) is 13.8 Å². The molecule has 1 amide bonds. The van der Waals surface area contributed by atoms with Gasteiger partial charge in [0.2, 0.25) is 5.91 Å². The number of aromatic nitrogens is 2. The summed E-state index contributed by atoms with van der Waals surface area (Å²) in [5, 5.41) is 9.76. The lowest BCUT2D eigenvalue weighted by Crippen LogP contribution is -2.25. The van der Waals surface area contributed by atoms with E-state index in [0.717, 1.165) is 28.4 Å². The van der Waals surface area contributed by atoms with Gasteiger partial charge in [-0.25, -0.2) is 4.98 Å². The summed E-state index contributed by atoms with van der Waals surface area (Å²) in [6.45, 7) is 4.40. The van der Waals surface area contributed by atoms with Crippen LogP contribution in [0.5, 0.6) is 0 Å². The molecule has 6 heteroatoms. The maximum atomic E-state index is 11.7. The van der Waals surface area contributed by atoms with E-state index in [9.17, 15) is 4.79 Å². The molecular weight excluding hydrogens is 262 g/mol. The van der Waals surface area contributed by atoms with Gasteiger partial charge in [-0.3, -0.25) is 4.79 Å². The molecule has 0 saturated carbocycles. The summed E-state index contributed by atoms with van der Waals surface area (Å²) >= 11 is 1.61. The van der Waals surface area contributed by atoms with E-state index in [1.54, 1.807) is 17.5 Å². The molecule has 102 valence electrons. The number of hydrogen-bond donors (Lipinski definition) is 1. The Hall–Kier alpha value is -1.69. The molecule has 0 atom stereocenters. The number of amides is 1. The first-order valence-electron chi connectivity index (χ1n) is 6.23. The zero-order valence-corrected chi connectivity index (χ0v) is 11.9. The number of thiazole rings is 1. The Kier molecular flexibility index (Phi) is 4.68. The van der Waals surface area contributed by atoms with Gasteiger partial charge in [-0.1, -0.05) is 5.16 Å². The van der Waals surface area contributed by atoms with E-state index in [2.05, 4.69) is 15.5 Å². The van der Waals surface area contributed by atoms with Crippen molar-refractivity contribution in [1.29, 1.82) is 0 Å². The number of rotatable bonds is 6. The van der Waals surface area contributed by atoms with Crippen molar-refractivity contribution in [3.05, 3.63) is 33.6 Å². The molecule has 1 N–H and O–H groups in total. The maximum absolute atomic E-state index is 11.7. The lowest BCUT2D eigenvalue weighted by Gasteiger charge is -2.03. The van der Waals surface area contributed by atoms with Crippen molar-refractivity contribution < 1.29 is 9.32 Å². The number of hydrogen-bond acceptors (Lipinski definition) is 5. The molecule has 0 aliphatic heterocycles. The van der Waals surface area contributed by atoms with E-state index < -0.39 is 0 Å². The molecule has 0 bridgehead atoms. The smallest absolute Gasteiger partial charge is 0.220 e. The Morgan fingerprint density at radius 3 is 2.89 bits per heavy atom. The molecule has 19 heavy (non-hydrogen) atoms. The second-order valence-electron chi connectivity index (χ2n) is 4.33. The van der Waals surface area contributed by atoms with E-state index in [1.165, 1.54) is 0 Å². The molecule has 0 aliphatic carbocycles. The van der Waals surface area contributed by atoms with Crippen LogP contribution < -0.4 is 5.32 Å². The van der Waals surface area contributed by atoms with Gasteiger partial charge in [-0.05, 0) is 20.3 Å². The van der Waals surface area contributed by atoms with Crippen molar-refractivity contribution >= 4 is 17.2 Å². The fourth-order valence-electron chi connectivity index (χ4n) is 1.87. The first kappa shape index (κ1) is 13.7. The van der Waals surface area contributed by atoms with Gasteiger partial charge in [0.15, 0.2) is 0 Å². The highest BCUT2D eigenvalue weighted by Gasteiger charge is 2.10. The number of carbonyl (C=O) groups excluding carboxylic acids is 1. The maximum Gasteiger partial charge on any atom is 0.220 e. The number of carbonyl (C=O) groups is 1. The van der Waals surface area contributed by atoms with Crippen LogP contribution in [0.15, 0.2) is 16.1 Å². The summed E-state index contributed by atoms with van der Waals surface area (Å²) in [6, 6.07) is 0. The molecule has 2 aromatic heterocycles. The van der Waals surface area contributed by atoms with Gasteiger partial charge in [0.25, 0.3) is 0 Å². The minimum Gasteiger partial charge on any atom is -0.361 e. The third kappa shape index (κ3) is 3.89. The van der Waals surface area contributed by atoms with Crippen molar-refractivity contribution in [2.45, 2.75) is 33.1 Å². The van der Waals surface area contributed by atoms with Crippen molar-refractivity contribution in [3.63, 3.8) is 0 Å². The van der Waals surface area contributed by atoms with Crippen LogP contribution >= 0.6 is 11.3 Å². The minimum atomic E-state index is 0.0524. The van der Waals surface area contributed by atoms with E-state index in [0.29, 0.717) is 19.4 Å². The van der Waals surface area contributed by atoms with Crippen LogP contribution in [-0.4, -0.2) is 22.6 Å². The van der Waals surface area contributed by atoms with Gasteiger partial charge >= 0.3 is 0 Å². The largest absolute Gasteiger partial charge is 0.361 e. The third-order valence-electron chi connectivity index (χ3n) is 2.93. The molecule has 0 aliphatic rings. The molecule has 2 heterocycles. The Morgan fingerprint density at radius 1 is 1.42 bits per heavy atom. The number of aryl methyl sites for hydroxylation is 2. The quantitative estimate of drug-likeness (QED) is 0.878. The predicted molar refractivity (Wildman–Crippen MR) is 73.1 cm³/mol. The lowest BCUT2D eigenvalue weighted by molar-refractivity contribution is -0.121. The zero-order chi connectivity index (χ0) is 13.7. The van der Waals surface area contributed by atoms with Crippen LogP contribution in [0.25, 0.3) is 0 Å². The van der Waals surface area contributed by atoms with Crippen molar-refractivity contribution in [3.8, 4) is 0 Å². The molecule has 0 saturated heterocycles. The molecule has 0 fully saturated rings. The van der Waals surface area contributed by atoms with Gasteiger partial charge in [-0.2, -0.15) is 0 Å². The molecule has 2 rings (SSSR count). The molecule has 2 aromatic rings. The van der Waals surface area contributed by atoms with Crippen molar-refractivity contribution in [2.24, 2.45) is 0 Å².